The van der Waals surface area contributed by atoms with Gasteiger partial charge in [-0.15, -0.1) is 0 Å². The number of aliphatic carboxylic acids is 1. The van der Waals surface area contributed by atoms with Crippen LogP contribution < -0.4 is 25.8 Å². The number of aromatic nitrogens is 1. The fourth-order valence-corrected chi connectivity index (χ4v) is 6.35. The molecular formula is C30H41FN4O6S. The third-order valence-corrected chi connectivity index (χ3v) is 9.30. The summed E-state index contributed by atoms with van der Waals surface area (Å²) in [5.41, 5.74) is 2.67. The number of benzene rings is 1. The van der Waals surface area contributed by atoms with E-state index in [1.807, 2.05) is 17.7 Å². The number of carboxylic acids is 1. The molecule has 1 amide bonds. The van der Waals surface area contributed by atoms with E-state index in [9.17, 15) is 27.5 Å². The molecule has 2 aliphatic carbocycles. The molecular weight excluding hydrogens is 563 g/mol. The van der Waals surface area contributed by atoms with Crippen molar-refractivity contribution in [1.82, 2.24) is 14.2 Å². The monoisotopic (exact) mass is 604 g/mol. The fraction of sp³-hybridized carbons (Fsp3) is 0.533. The van der Waals surface area contributed by atoms with Gasteiger partial charge in [0.05, 0.1) is 11.6 Å². The van der Waals surface area contributed by atoms with E-state index in [-0.39, 0.29) is 18.3 Å². The molecule has 0 saturated heterocycles. The van der Waals surface area contributed by atoms with E-state index in [4.69, 9.17) is 9.88 Å². The molecule has 0 aliphatic heterocycles. The Morgan fingerprint density at radius 2 is 1.93 bits per heavy atom. The average Bonchev–Trinajstić information content (AvgIpc) is 3.24. The van der Waals surface area contributed by atoms with Crippen LogP contribution >= 0.6 is 0 Å². The zero-order valence-electron chi connectivity index (χ0n) is 24.3. The van der Waals surface area contributed by atoms with Gasteiger partial charge in [0, 0.05) is 44.2 Å². The molecule has 1 atom stereocenters. The molecule has 1 saturated carbocycles. The Kier molecular flexibility index (Phi) is 10.4. The minimum absolute atomic E-state index is 0.251. The number of hydrogen-bond donors (Lipinski definition) is 3. The van der Waals surface area contributed by atoms with Crippen LogP contribution in [-0.2, 0) is 26.8 Å². The largest absolute Gasteiger partial charge is 0.483 e. The molecule has 230 valence electrons. The van der Waals surface area contributed by atoms with E-state index in [1.165, 1.54) is 25.6 Å². The Bertz CT molecular complexity index is 1530. The van der Waals surface area contributed by atoms with Crippen LogP contribution in [0, 0.1) is 11.7 Å². The van der Waals surface area contributed by atoms with E-state index in [0.29, 0.717) is 50.3 Å². The van der Waals surface area contributed by atoms with Crippen molar-refractivity contribution >= 4 is 34.2 Å². The maximum Gasteiger partial charge on any atom is 0.310 e. The zero-order chi connectivity index (χ0) is 30.4. The molecule has 2 aliphatic rings. The molecule has 2 aromatic rings. The highest BCUT2D eigenvalue weighted by atomic mass is 32.2. The Labute approximate surface area is 246 Å². The van der Waals surface area contributed by atoms with E-state index in [1.54, 1.807) is 12.1 Å². The van der Waals surface area contributed by atoms with Crippen LogP contribution in [-0.4, -0.2) is 61.0 Å². The van der Waals surface area contributed by atoms with Crippen molar-refractivity contribution in [3.05, 3.63) is 40.1 Å². The molecule has 1 aromatic carbocycles. The molecule has 4 N–H and O–H groups in total. The molecule has 1 unspecified atom stereocenters. The lowest BCUT2D eigenvalue weighted by Gasteiger charge is -2.24. The summed E-state index contributed by atoms with van der Waals surface area (Å²) in [5, 5.41) is 19.4. The van der Waals surface area contributed by atoms with E-state index >= 15 is 0 Å². The molecule has 12 heteroatoms. The average molecular weight is 605 g/mol. The second-order valence-electron chi connectivity index (χ2n) is 11.2. The van der Waals surface area contributed by atoms with Gasteiger partial charge in [-0.05, 0) is 67.0 Å². The third kappa shape index (κ3) is 7.59. The predicted octanol–water partition coefficient (Wildman–Crippen LogP) is 2.35. The first-order valence-electron chi connectivity index (χ1n) is 14.5. The number of nitrogens with two attached hydrogens (primary N) is 1. The first-order valence-corrected chi connectivity index (χ1v) is 16.0. The second-order valence-corrected chi connectivity index (χ2v) is 12.9. The molecule has 0 bridgehead atoms. The number of fused-ring (bicyclic) bond motifs is 1. The van der Waals surface area contributed by atoms with Crippen LogP contribution in [0.25, 0.3) is 23.4 Å². The minimum atomic E-state index is -3.70. The van der Waals surface area contributed by atoms with Crippen molar-refractivity contribution < 1.29 is 32.2 Å². The Hall–Kier alpha value is -3.22. The highest BCUT2D eigenvalue weighted by Crippen LogP contribution is 2.39. The molecule has 1 fully saturated rings. The van der Waals surface area contributed by atoms with Crippen LogP contribution in [0.5, 0.6) is 5.75 Å². The number of halogens is 1. The highest BCUT2D eigenvalue weighted by Gasteiger charge is 2.28. The summed E-state index contributed by atoms with van der Waals surface area (Å²) >= 11 is 0. The van der Waals surface area contributed by atoms with Crippen LogP contribution in [0.1, 0.15) is 69.3 Å². The van der Waals surface area contributed by atoms with Gasteiger partial charge in [-0.2, -0.15) is 12.7 Å². The summed E-state index contributed by atoms with van der Waals surface area (Å²) in [7, 11) is -0.381. The fourth-order valence-electron chi connectivity index (χ4n) is 5.97. The lowest BCUT2D eigenvalue weighted by Crippen LogP contribution is -2.35. The van der Waals surface area contributed by atoms with Gasteiger partial charge in [0.2, 0.25) is 0 Å². The summed E-state index contributed by atoms with van der Waals surface area (Å²) in [5.74, 6) is -1.77. The van der Waals surface area contributed by atoms with Gasteiger partial charge in [0.15, 0.2) is 6.61 Å². The van der Waals surface area contributed by atoms with Crippen molar-refractivity contribution in [3.63, 3.8) is 0 Å². The first kappa shape index (κ1) is 31.7. The summed E-state index contributed by atoms with van der Waals surface area (Å²) in [6.07, 6.45) is 11.7. The maximum atomic E-state index is 14.4. The van der Waals surface area contributed by atoms with Gasteiger partial charge in [-0.1, -0.05) is 31.8 Å². The Morgan fingerprint density at radius 3 is 2.62 bits per heavy atom. The van der Waals surface area contributed by atoms with E-state index in [2.05, 4.69) is 5.32 Å². The number of unbranched alkanes of at least 4 members (excludes halogenated alkanes) is 2. The van der Waals surface area contributed by atoms with Crippen molar-refractivity contribution in [3.8, 4) is 17.0 Å². The number of hydrogen-bond acceptors (Lipinski definition) is 5. The quantitative estimate of drug-likeness (QED) is 0.300. The van der Waals surface area contributed by atoms with Gasteiger partial charge >= 0.3 is 5.97 Å². The van der Waals surface area contributed by atoms with Crippen LogP contribution in [0.2, 0.25) is 0 Å². The SMILES string of the molecule is CN(CCCCCNC(=O)COc1cc(F)ccc1-c1c(C2CCCCC2)c2c(n1C)=CC(C(=O)O)CC=2)S(N)(=O)=O. The number of ether oxygens (including phenoxy) is 1. The summed E-state index contributed by atoms with van der Waals surface area (Å²) in [4.78, 5) is 24.3. The number of nitrogens with zero attached hydrogens (tertiary/aromatic N) is 2. The molecule has 0 radical (unpaired) electrons. The van der Waals surface area contributed by atoms with Crippen molar-refractivity contribution in [2.75, 3.05) is 26.7 Å². The number of carbonyl (C=O) groups excluding carboxylic acids is 1. The third-order valence-electron chi connectivity index (χ3n) is 8.25. The number of amides is 1. The summed E-state index contributed by atoms with van der Waals surface area (Å²) in [6.45, 7) is 0.396. The number of nitrogens with one attached hydrogen (secondary N) is 1. The van der Waals surface area contributed by atoms with Crippen LogP contribution in [0.15, 0.2) is 18.2 Å². The van der Waals surface area contributed by atoms with Gasteiger partial charge in [0.25, 0.3) is 16.1 Å². The smallest absolute Gasteiger partial charge is 0.310 e. The first-order chi connectivity index (χ1) is 20.0. The van der Waals surface area contributed by atoms with Gasteiger partial charge in [0.1, 0.15) is 11.6 Å². The minimum Gasteiger partial charge on any atom is -0.483 e. The molecule has 1 heterocycles. The molecule has 4 rings (SSSR count). The van der Waals surface area contributed by atoms with Crippen molar-refractivity contribution in [2.24, 2.45) is 18.1 Å². The van der Waals surface area contributed by atoms with E-state index in [0.717, 1.165) is 51.8 Å². The number of carboxylic acid groups (broad SMARTS) is 1. The number of rotatable bonds is 13. The normalized spacial score (nSPS) is 17.3. The Balaban J connectivity index is 1.51. The highest BCUT2D eigenvalue weighted by molar-refractivity contribution is 7.86. The topological polar surface area (TPSA) is 144 Å². The molecule has 10 nitrogen and oxygen atoms in total. The molecule has 0 spiro atoms. The lowest BCUT2D eigenvalue weighted by molar-refractivity contribution is -0.139. The number of carbonyl (C=O) groups is 2. The summed E-state index contributed by atoms with van der Waals surface area (Å²) in [6, 6.07) is 4.33. The van der Waals surface area contributed by atoms with Crippen LogP contribution in [0.3, 0.4) is 0 Å². The van der Waals surface area contributed by atoms with Gasteiger partial charge in [-0.3, -0.25) is 9.59 Å². The summed E-state index contributed by atoms with van der Waals surface area (Å²) < 4.78 is 45.9. The predicted molar refractivity (Wildman–Crippen MR) is 159 cm³/mol. The maximum absolute atomic E-state index is 14.4. The van der Waals surface area contributed by atoms with Crippen LogP contribution in [0.4, 0.5) is 4.39 Å². The Morgan fingerprint density at radius 1 is 1.19 bits per heavy atom. The van der Waals surface area contributed by atoms with Crippen molar-refractivity contribution in [1.29, 1.82) is 0 Å². The molecule has 1 aromatic heterocycles. The van der Waals surface area contributed by atoms with Crippen molar-refractivity contribution in [2.45, 2.75) is 63.7 Å². The van der Waals surface area contributed by atoms with Gasteiger partial charge in [-0.25, -0.2) is 9.53 Å². The second kappa shape index (κ2) is 13.8. The molecule has 42 heavy (non-hydrogen) atoms. The van der Waals surface area contributed by atoms with E-state index < -0.39 is 27.9 Å². The standard InChI is InChI=1S/C30H41FN4O6S/c1-34(42(32,39)40)16-8-4-7-15-33-27(36)19-41-26-18-22(31)12-14-24(26)29-28(20-9-5-3-6-10-20)23-13-11-21(30(37)38)17-25(23)35(29)2/h12-14,17-18,20-21H,3-11,15-16,19H2,1-2H3,(H,33,36)(H,37,38)(H2,32,39,40). The lowest BCUT2D eigenvalue weighted by atomic mass is 9.81. The zero-order valence-corrected chi connectivity index (χ0v) is 25.1. The van der Waals surface area contributed by atoms with Gasteiger partial charge < -0.3 is 19.7 Å².